The minimum Gasteiger partial charge on any atom is -1.00 e. The summed E-state index contributed by atoms with van der Waals surface area (Å²) >= 11 is 0. The van der Waals surface area contributed by atoms with Crippen LogP contribution in [0, 0.1) is 0 Å². The SMILES string of the molecule is O=CO.[Ba+2].[H-].[H-].c1ccc2c(c1)oc1ccccc12. The van der Waals surface area contributed by atoms with Gasteiger partial charge in [-0.1, -0.05) is 36.4 Å². The average Bonchev–Trinajstić information content (AvgIpc) is 2.68. The van der Waals surface area contributed by atoms with E-state index in [2.05, 4.69) is 12.1 Å². The van der Waals surface area contributed by atoms with E-state index >= 15 is 0 Å². The molecule has 3 nitrogen and oxygen atoms in total. The van der Waals surface area contributed by atoms with Crippen LogP contribution in [-0.2, 0) is 4.79 Å². The van der Waals surface area contributed by atoms with E-state index in [0.717, 1.165) is 11.2 Å². The third kappa shape index (κ3) is 3.14. The van der Waals surface area contributed by atoms with Crippen molar-refractivity contribution < 1.29 is 17.2 Å². The number of hydrogen-bond acceptors (Lipinski definition) is 2. The van der Waals surface area contributed by atoms with Gasteiger partial charge in [0.15, 0.2) is 0 Å². The average molecular weight is 354 g/mol. The minimum absolute atomic E-state index is 0. The molecule has 0 bridgehead atoms. The van der Waals surface area contributed by atoms with Crippen molar-refractivity contribution in [2.24, 2.45) is 0 Å². The number of rotatable bonds is 0. The molecule has 17 heavy (non-hydrogen) atoms. The largest absolute Gasteiger partial charge is 2.00 e. The summed E-state index contributed by atoms with van der Waals surface area (Å²) in [5.74, 6) is 0. The predicted octanol–water partition coefficient (Wildman–Crippen LogP) is 3.13. The first-order valence-corrected chi connectivity index (χ1v) is 4.81. The van der Waals surface area contributed by atoms with Crippen molar-refractivity contribution in [3.63, 3.8) is 0 Å². The van der Waals surface area contributed by atoms with E-state index in [4.69, 9.17) is 14.3 Å². The van der Waals surface area contributed by atoms with E-state index in [1.54, 1.807) is 0 Å². The van der Waals surface area contributed by atoms with E-state index < -0.39 is 0 Å². The van der Waals surface area contributed by atoms with Crippen molar-refractivity contribution >= 4 is 77.3 Å². The van der Waals surface area contributed by atoms with Gasteiger partial charge >= 0.3 is 48.9 Å². The van der Waals surface area contributed by atoms with Gasteiger partial charge in [-0.25, -0.2) is 0 Å². The number of hydrogen-bond donors (Lipinski definition) is 1. The predicted molar refractivity (Wildman–Crippen MR) is 70.4 cm³/mol. The van der Waals surface area contributed by atoms with Gasteiger partial charge in [-0.2, -0.15) is 0 Å². The quantitative estimate of drug-likeness (QED) is 0.499. The van der Waals surface area contributed by atoms with Gasteiger partial charge in [-0.05, 0) is 12.1 Å². The van der Waals surface area contributed by atoms with Crippen molar-refractivity contribution in [2.75, 3.05) is 0 Å². The Bertz CT molecular complexity index is 575. The number of para-hydroxylation sites is 2. The second kappa shape index (κ2) is 6.88. The molecule has 0 spiro atoms. The van der Waals surface area contributed by atoms with Gasteiger partial charge in [0.25, 0.3) is 6.47 Å². The summed E-state index contributed by atoms with van der Waals surface area (Å²) in [5, 5.41) is 9.27. The summed E-state index contributed by atoms with van der Waals surface area (Å²) in [6, 6.07) is 16.2. The molecular weight excluding hydrogens is 341 g/mol. The third-order valence-corrected chi connectivity index (χ3v) is 2.28. The maximum absolute atomic E-state index is 8.36. The number of benzene rings is 2. The van der Waals surface area contributed by atoms with Crippen LogP contribution >= 0.6 is 0 Å². The Hall–Kier alpha value is -0.719. The van der Waals surface area contributed by atoms with Crippen LogP contribution in [-0.4, -0.2) is 60.5 Å². The monoisotopic (exact) mass is 354 g/mol. The van der Waals surface area contributed by atoms with Gasteiger partial charge in [0.05, 0.1) is 0 Å². The van der Waals surface area contributed by atoms with Crippen molar-refractivity contribution in [1.82, 2.24) is 0 Å². The van der Waals surface area contributed by atoms with Gasteiger partial charge in [0.2, 0.25) is 0 Å². The molecule has 3 rings (SSSR count). The van der Waals surface area contributed by atoms with Gasteiger partial charge in [0.1, 0.15) is 11.2 Å². The molecule has 1 N–H and O–H groups in total. The second-order valence-electron chi connectivity index (χ2n) is 3.20. The van der Waals surface area contributed by atoms with E-state index in [9.17, 15) is 0 Å². The molecule has 0 aliphatic heterocycles. The maximum Gasteiger partial charge on any atom is 2.00 e. The van der Waals surface area contributed by atoms with Gasteiger partial charge in [0, 0.05) is 10.8 Å². The molecule has 1 heterocycles. The van der Waals surface area contributed by atoms with Crippen LogP contribution in [0.2, 0.25) is 0 Å². The summed E-state index contributed by atoms with van der Waals surface area (Å²) in [7, 11) is 0. The maximum atomic E-state index is 8.36. The normalized spacial score (nSPS) is 9.18. The van der Waals surface area contributed by atoms with Crippen LogP contribution in [0.15, 0.2) is 52.9 Å². The fourth-order valence-electron chi connectivity index (χ4n) is 1.67. The zero-order valence-corrected chi connectivity index (χ0v) is 13.6. The number of carbonyl (C=O) groups is 1. The van der Waals surface area contributed by atoms with Crippen LogP contribution in [0.25, 0.3) is 21.9 Å². The second-order valence-corrected chi connectivity index (χ2v) is 3.20. The zero-order chi connectivity index (χ0) is 11.4. The molecule has 0 aliphatic carbocycles. The van der Waals surface area contributed by atoms with E-state index in [1.807, 2.05) is 36.4 Å². The van der Waals surface area contributed by atoms with Crippen LogP contribution in [0.5, 0.6) is 0 Å². The van der Waals surface area contributed by atoms with Crippen LogP contribution in [0.3, 0.4) is 0 Å². The van der Waals surface area contributed by atoms with Gasteiger partial charge in [-0.15, -0.1) is 0 Å². The standard InChI is InChI=1S/C12H8O.CH2O2.Ba.2H/c1-3-7-11-9(5-1)10-6-2-4-8-12(10)13-11;2-1-3;;;/h1-8H;1H,(H,2,3);;;/q;;+2;2*-1. The Kier molecular flexibility index (Phi) is 5.81. The summed E-state index contributed by atoms with van der Waals surface area (Å²) in [5.41, 5.74) is 1.92. The molecule has 0 unspecified atom stereocenters. The molecule has 0 saturated heterocycles. The molecule has 0 radical (unpaired) electrons. The zero-order valence-electron chi connectivity index (χ0n) is 11.2. The summed E-state index contributed by atoms with van der Waals surface area (Å²) in [6.07, 6.45) is 0. The fourth-order valence-corrected chi connectivity index (χ4v) is 1.67. The third-order valence-electron chi connectivity index (χ3n) is 2.28. The minimum atomic E-state index is -0.250. The fraction of sp³-hybridized carbons (Fsp3) is 0. The number of fused-ring (bicyclic) bond motifs is 3. The summed E-state index contributed by atoms with van der Waals surface area (Å²) < 4.78 is 5.65. The molecular formula is C13H12BaO3. The number of furan rings is 1. The molecule has 4 heteroatoms. The Morgan fingerprint density at radius 1 is 0.941 bits per heavy atom. The van der Waals surface area contributed by atoms with E-state index in [-0.39, 0.29) is 58.2 Å². The molecule has 3 aromatic rings. The van der Waals surface area contributed by atoms with Gasteiger partial charge < -0.3 is 12.4 Å². The van der Waals surface area contributed by atoms with Gasteiger partial charge in [-0.3, -0.25) is 4.79 Å². The first kappa shape index (κ1) is 14.3. The van der Waals surface area contributed by atoms with E-state index in [1.165, 1.54) is 10.8 Å². The Morgan fingerprint density at radius 3 is 1.71 bits per heavy atom. The summed E-state index contributed by atoms with van der Waals surface area (Å²) in [6.45, 7) is -0.250. The van der Waals surface area contributed by atoms with E-state index in [0.29, 0.717) is 0 Å². The van der Waals surface area contributed by atoms with Crippen molar-refractivity contribution in [3.8, 4) is 0 Å². The van der Waals surface area contributed by atoms with Crippen molar-refractivity contribution in [1.29, 1.82) is 0 Å². The molecule has 0 amide bonds. The first-order chi connectivity index (χ1) is 7.86. The molecule has 84 valence electrons. The first-order valence-electron chi connectivity index (χ1n) is 4.81. The molecule has 1 aromatic heterocycles. The Morgan fingerprint density at radius 2 is 1.29 bits per heavy atom. The van der Waals surface area contributed by atoms with Crippen LogP contribution in [0.1, 0.15) is 2.85 Å². The topological polar surface area (TPSA) is 50.4 Å². The number of carboxylic acid groups (broad SMARTS) is 1. The molecule has 0 saturated carbocycles. The van der Waals surface area contributed by atoms with Crippen LogP contribution < -0.4 is 0 Å². The molecule has 0 fully saturated rings. The van der Waals surface area contributed by atoms with Crippen molar-refractivity contribution in [2.45, 2.75) is 0 Å². The smallest absolute Gasteiger partial charge is 1.00 e. The van der Waals surface area contributed by atoms with Crippen molar-refractivity contribution in [3.05, 3.63) is 48.5 Å². The molecule has 2 aromatic carbocycles. The van der Waals surface area contributed by atoms with Crippen LogP contribution in [0.4, 0.5) is 0 Å². The Balaban J connectivity index is 0. The Labute approximate surface area is 141 Å². The molecule has 0 aliphatic rings. The molecule has 0 atom stereocenters. The summed E-state index contributed by atoms with van der Waals surface area (Å²) in [4.78, 5) is 8.36.